The maximum Gasteiger partial charge on any atom is 0.348 e. The zero-order valence-electron chi connectivity index (χ0n) is 15.6. The van der Waals surface area contributed by atoms with E-state index < -0.39 is 5.97 Å². The second kappa shape index (κ2) is 7.57. The lowest BCUT2D eigenvalue weighted by Gasteiger charge is -2.36. The molecule has 136 valence electrons. The van der Waals surface area contributed by atoms with Gasteiger partial charge in [0.1, 0.15) is 15.9 Å². The highest BCUT2D eigenvalue weighted by atomic mass is 32.1. The fourth-order valence-electron chi connectivity index (χ4n) is 3.46. The molecule has 6 heteroatoms. The molecule has 0 saturated heterocycles. The van der Waals surface area contributed by atoms with Crippen molar-refractivity contribution in [2.75, 3.05) is 12.4 Å². The number of anilines is 1. The number of carbonyl (C=O) groups excluding carboxylic acids is 2. The van der Waals surface area contributed by atoms with E-state index in [0.717, 1.165) is 37.0 Å². The molecule has 1 aliphatic rings. The zero-order valence-corrected chi connectivity index (χ0v) is 16.4. The summed E-state index contributed by atoms with van der Waals surface area (Å²) in [5, 5.41) is 12.7. The van der Waals surface area contributed by atoms with Crippen LogP contribution in [0.3, 0.4) is 0 Å². The summed E-state index contributed by atoms with van der Waals surface area (Å²) in [6.07, 6.45) is 3.82. The van der Waals surface area contributed by atoms with Crippen molar-refractivity contribution in [2.24, 2.45) is 17.3 Å². The number of hydrogen-bond donors (Lipinski definition) is 1. The van der Waals surface area contributed by atoms with Gasteiger partial charge in [0.25, 0.3) is 0 Å². The van der Waals surface area contributed by atoms with Gasteiger partial charge in [-0.2, -0.15) is 5.26 Å². The van der Waals surface area contributed by atoms with E-state index in [0.29, 0.717) is 26.9 Å². The molecule has 1 aromatic rings. The van der Waals surface area contributed by atoms with Gasteiger partial charge in [-0.3, -0.25) is 4.79 Å². The van der Waals surface area contributed by atoms with Crippen molar-refractivity contribution in [1.82, 2.24) is 0 Å². The summed E-state index contributed by atoms with van der Waals surface area (Å²) in [5.74, 6) is 0.0713. The van der Waals surface area contributed by atoms with Gasteiger partial charge in [-0.1, -0.05) is 20.8 Å². The molecular weight excluding hydrogens is 336 g/mol. The molecule has 0 atom stereocenters. The number of thiophene rings is 1. The quantitative estimate of drug-likeness (QED) is 0.803. The van der Waals surface area contributed by atoms with Crippen molar-refractivity contribution < 1.29 is 14.3 Å². The van der Waals surface area contributed by atoms with E-state index >= 15 is 0 Å². The number of hydrogen-bond acceptors (Lipinski definition) is 5. The molecule has 1 amide bonds. The van der Waals surface area contributed by atoms with Crippen LogP contribution in [0.1, 0.15) is 67.3 Å². The molecule has 5 nitrogen and oxygen atoms in total. The first kappa shape index (κ1) is 19.5. The molecule has 0 bridgehead atoms. The highest BCUT2D eigenvalue weighted by Crippen LogP contribution is 2.40. The predicted octanol–water partition coefficient (Wildman–Crippen LogP) is 4.51. The third-order valence-corrected chi connectivity index (χ3v) is 6.38. The van der Waals surface area contributed by atoms with Crippen LogP contribution in [0.4, 0.5) is 5.00 Å². The molecule has 0 aromatic carbocycles. The Labute approximate surface area is 153 Å². The van der Waals surface area contributed by atoms with Crippen molar-refractivity contribution in [3.8, 4) is 6.07 Å². The third-order valence-electron chi connectivity index (χ3n) is 5.19. The molecule has 1 fully saturated rings. The first-order valence-corrected chi connectivity index (χ1v) is 9.43. The van der Waals surface area contributed by atoms with Gasteiger partial charge in [0.05, 0.1) is 12.7 Å². The van der Waals surface area contributed by atoms with E-state index in [2.05, 4.69) is 32.2 Å². The Morgan fingerprint density at radius 1 is 1.24 bits per heavy atom. The molecule has 0 aliphatic heterocycles. The van der Waals surface area contributed by atoms with Crippen LogP contribution in [0.2, 0.25) is 0 Å². The summed E-state index contributed by atoms with van der Waals surface area (Å²) < 4.78 is 4.74. The van der Waals surface area contributed by atoms with Crippen LogP contribution in [-0.4, -0.2) is 19.0 Å². The second-order valence-electron chi connectivity index (χ2n) is 7.77. The molecule has 25 heavy (non-hydrogen) atoms. The highest BCUT2D eigenvalue weighted by molar-refractivity contribution is 7.18. The van der Waals surface area contributed by atoms with Gasteiger partial charge < -0.3 is 10.1 Å². The molecule has 2 rings (SSSR count). The van der Waals surface area contributed by atoms with Crippen molar-refractivity contribution in [3.05, 3.63) is 16.0 Å². The minimum Gasteiger partial charge on any atom is -0.465 e. The molecule has 1 saturated carbocycles. The minimum absolute atomic E-state index is 0.0332. The van der Waals surface area contributed by atoms with E-state index in [1.165, 1.54) is 7.11 Å². The number of nitrogens with one attached hydrogen (secondary N) is 1. The summed E-state index contributed by atoms with van der Waals surface area (Å²) >= 11 is 1.11. The first-order chi connectivity index (χ1) is 11.7. The molecule has 0 unspecified atom stereocenters. The van der Waals surface area contributed by atoms with Gasteiger partial charge >= 0.3 is 5.97 Å². The second-order valence-corrected chi connectivity index (χ2v) is 8.79. The number of esters is 1. The van der Waals surface area contributed by atoms with E-state index in [4.69, 9.17) is 4.74 Å². The van der Waals surface area contributed by atoms with Crippen LogP contribution in [-0.2, 0) is 9.53 Å². The third kappa shape index (κ3) is 4.21. The number of amides is 1. The summed E-state index contributed by atoms with van der Waals surface area (Å²) in [5.41, 5.74) is 1.18. The molecule has 1 aromatic heterocycles. The van der Waals surface area contributed by atoms with E-state index in [1.54, 1.807) is 6.92 Å². The highest BCUT2D eigenvalue weighted by Gasteiger charge is 2.33. The number of methoxy groups -OCH3 is 1. The molecule has 1 aliphatic carbocycles. The lowest BCUT2D eigenvalue weighted by Crippen LogP contribution is -2.31. The Morgan fingerprint density at radius 3 is 2.32 bits per heavy atom. The van der Waals surface area contributed by atoms with E-state index in [-0.39, 0.29) is 17.2 Å². The van der Waals surface area contributed by atoms with Crippen molar-refractivity contribution in [3.63, 3.8) is 0 Å². The number of rotatable bonds is 3. The molecule has 0 radical (unpaired) electrons. The van der Waals surface area contributed by atoms with Crippen molar-refractivity contribution in [1.29, 1.82) is 5.26 Å². The summed E-state index contributed by atoms with van der Waals surface area (Å²) in [6.45, 7) is 8.45. The standard InChI is InChI=1S/C19H26N2O3S/c1-11-14(10-20)17(25-15(11)18(23)24-5)21-16(22)12-6-8-13(9-7-12)19(2,3)4/h12-13H,6-9H2,1-5H3,(H,21,22). The lowest BCUT2D eigenvalue weighted by atomic mass is 9.70. The van der Waals surface area contributed by atoms with Gasteiger partial charge in [0.15, 0.2) is 0 Å². The number of nitriles is 1. The molecular formula is C19H26N2O3S. The molecule has 0 spiro atoms. The van der Waals surface area contributed by atoms with E-state index in [9.17, 15) is 14.9 Å². The fourth-order valence-corrected chi connectivity index (χ4v) is 4.54. The van der Waals surface area contributed by atoms with Gasteiger partial charge in [-0.05, 0) is 49.5 Å². The van der Waals surface area contributed by atoms with Crippen molar-refractivity contribution >= 4 is 28.2 Å². The van der Waals surface area contributed by atoms with Crippen LogP contribution in [0, 0.1) is 35.5 Å². The predicted molar refractivity (Wildman–Crippen MR) is 98.6 cm³/mol. The Kier molecular flexibility index (Phi) is 5.89. The molecule has 1 N–H and O–H groups in total. The lowest BCUT2D eigenvalue weighted by molar-refractivity contribution is -0.121. The summed E-state index contributed by atoms with van der Waals surface area (Å²) in [4.78, 5) is 24.8. The Hall–Kier alpha value is -1.87. The van der Waals surface area contributed by atoms with Crippen LogP contribution < -0.4 is 5.32 Å². The van der Waals surface area contributed by atoms with Gasteiger partial charge in [-0.25, -0.2) is 4.79 Å². The van der Waals surface area contributed by atoms with E-state index in [1.807, 2.05) is 0 Å². The number of nitrogens with zero attached hydrogens (tertiary/aromatic N) is 1. The van der Waals surface area contributed by atoms with Crippen LogP contribution in [0.25, 0.3) is 0 Å². The largest absolute Gasteiger partial charge is 0.465 e. The maximum atomic E-state index is 12.6. The number of ether oxygens (including phenoxy) is 1. The topological polar surface area (TPSA) is 79.2 Å². The summed E-state index contributed by atoms with van der Waals surface area (Å²) in [6, 6.07) is 2.09. The molecule has 1 heterocycles. The van der Waals surface area contributed by atoms with Gasteiger partial charge in [0, 0.05) is 5.92 Å². The monoisotopic (exact) mass is 362 g/mol. The van der Waals surface area contributed by atoms with Crippen LogP contribution in [0.5, 0.6) is 0 Å². The van der Waals surface area contributed by atoms with Crippen LogP contribution in [0.15, 0.2) is 0 Å². The van der Waals surface area contributed by atoms with Gasteiger partial charge in [-0.15, -0.1) is 11.3 Å². The summed E-state index contributed by atoms with van der Waals surface area (Å²) in [7, 11) is 1.31. The van der Waals surface area contributed by atoms with Crippen LogP contribution >= 0.6 is 11.3 Å². The maximum absolute atomic E-state index is 12.6. The Morgan fingerprint density at radius 2 is 1.84 bits per heavy atom. The average molecular weight is 362 g/mol. The minimum atomic E-state index is -0.481. The zero-order chi connectivity index (χ0) is 18.8. The average Bonchev–Trinajstić information content (AvgIpc) is 2.88. The van der Waals surface area contributed by atoms with Crippen molar-refractivity contribution in [2.45, 2.75) is 53.4 Å². The Bertz CT molecular complexity index is 701. The van der Waals surface area contributed by atoms with Gasteiger partial charge in [0.2, 0.25) is 5.91 Å². The Balaban J connectivity index is 2.09. The smallest absolute Gasteiger partial charge is 0.348 e. The SMILES string of the molecule is COC(=O)c1sc(NC(=O)C2CCC(C(C)(C)C)CC2)c(C#N)c1C. The number of carbonyl (C=O) groups is 2. The first-order valence-electron chi connectivity index (χ1n) is 8.61. The normalized spacial score (nSPS) is 20.6. The fraction of sp³-hybridized carbons (Fsp3) is 0.632.